The Morgan fingerprint density at radius 2 is 1.77 bits per heavy atom. The zero-order valence-electron chi connectivity index (χ0n) is 20.4. The van der Waals surface area contributed by atoms with Crippen LogP contribution in [0.4, 0.5) is 4.39 Å². The van der Waals surface area contributed by atoms with Crippen LogP contribution in [0, 0.1) is 17.5 Å². The van der Waals surface area contributed by atoms with E-state index in [1.54, 1.807) is 30.0 Å². The van der Waals surface area contributed by atoms with Crippen LogP contribution in [-0.2, 0) is 13.2 Å². The van der Waals surface area contributed by atoms with Crippen LogP contribution in [0.3, 0.4) is 0 Å². The van der Waals surface area contributed by atoms with Gasteiger partial charge in [0.25, 0.3) is 0 Å². The second-order valence-corrected chi connectivity index (χ2v) is 8.70. The maximum atomic E-state index is 14.8. The van der Waals surface area contributed by atoms with E-state index >= 15 is 0 Å². The molecule has 0 bridgehead atoms. The van der Waals surface area contributed by atoms with Crippen LogP contribution in [0.1, 0.15) is 18.1 Å². The molecular weight excluding hydrogens is 463 g/mol. The van der Waals surface area contributed by atoms with Gasteiger partial charge in [0.2, 0.25) is 4.77 Å². The van der Waals surface area contributed by atoms with Gasteiger partial charge in [0.1, 0.15) is 5.82 Å². The minimum absolute atomic E-state index is 0.345. The van der Waals surface area contributed by atoms with Gasteiger partial charge >= 0.3 is 0 Å². The van der Waals surface area contributed by atoms with Gasteiger partial charge in [-0.15, -0.1) is 5.10 Å². The minimum Gasteiger partial charge on any atom is -0.493 e. The summed E-state index contributed by atoms with van der Waals surface area (Å²) in [5.41, 5.74) is 3.43. The molecule has 0 radical (unpaired) electrons. The maximum absolute atomic E-state index is 14.8. The lowest BCUT2D eigenvalue weighted by Crippen LogP contribution is -2.22. The van der Waals surface area contributed by atoms with E-state index in [2.05, 4.69) is 4.90 Å². The van der Waals surface area contributed by atoms with Crippen molar-refractivity contribution in [3.05, 3.63) is 88.4 Å². The minimum atomic E-state index is -0.345. The number of hydrogen-bond donors (Lipinski definition) is 0. The Morgan fingerprint density at radius 1 is 1.03 bits per heavy atom. The van der Waals surface area contributed by atoms with Crippen molar-refractivity contribution in [3.8, 4) is 28.6 Å². The zero-order chi connectivity index (χ0) is 24.9. The van der Waals surface area contributed by atoms with E-state index in [9.17, 15) is 4.39 Å². The number of benzene rings is 3. The third kappa shape index (κ3) is 5.44. The first-order chi connectivity index (χ1) is 16.9. The molecule has 6 nitrogen and oxygen atoms in total. The fourth-order valence-corrected chi connectivity index (χ4v) is 4.21. The lowest BCUT2D eigenvalue weighted by atomic mass is 10.2. The quantitative estimate of drug-likeness (QED) is 0.268. The van der Waals surface area contributed by atoms with Crippen molar-refractivity contribution in [1.82, 2.24) is 19.2 Å². The standard InChI is InChI=1S/C27H29FN4O2S/c1-5-34-24-15-12-20(16-25(24)33-4)17-30(3)18-31-27(35)32(21-13-10-19(2)11-14-21)26(29-31)22-8-6-7-9-23(22)28/h6-16H,5,17-18H2,1-4H3. The van der Waals surface area contributed by atoms with Gasteiger partial charge in [0, 0.05) is 12.2 Å². The van der Waals surface area contributed by atoms with Crippen molar-refractivity contribution in [2.45, 2.75) is 27.1 Å². The van der Waals surface area contributed by atoms with Gasteiger partial charge in [-0.05, 0) is 75.1 Å². The van der Waals surface area contributed by atoms with Crippen molar-refractivity contribution in [2.24, 2.45) is 0 Å². The SMILES string of the molecule is CCOc1ccc(CN(C)Cn2nc(-c3ccccc3F)n(-c3ccc(C)cc3)c2=S)cc1OC. The van der Waals surface area contributed by atoms with E-state index in [0.717, 1.165) is 22.6 Å². The lowest BCUT2D eigenvalue weighted by molar-refractivity contribution is 0.243. The molecule has 0 N–H and O–H groups in total. The Kier molecular flexibility index (Phi) is 7.63. The van der Waals surface area contributed by atoms with Crippen molar-refractivity contribution in [1.29, 1.82) is 0 Å². The molecule has 0 saturated carbocycles. The summed E-state index contributed by atoms with van der Waals surface area (Å²) >= 11 is 5.82. The molecule has 0 atom stereocenters. The Morgan fingerprint density at radius 3 is 2.46 bits per heavy atom. The second kappa shape index (κ2) is 10.8. The normalized spacial score (nSPS) is 11.1. The number of hydrogen-bond acceptors (Lipinski definition) is 5. The number of nitrogens with zero attached hydrogens (tertiary/aromatic N) is 4. The number of rotatable bonds is 9. The van der Waals surface area contributed by atoms with Gasteiger partial charge in [-0.2, -0.15) is 0 Å². The van der Waals surface area contributed by atoms with Crippen LogP contribution in [0.5, 0.6) is 11.5 Å². The topological polar surface area (TPSA) is 44.5 Å². The molecule has 0 spiro atoms. The molecule has 0 aliphatic rings. The number of ether oxygens (including phenoxy) is 2. The molecule has 0 fully saturated rings. The molecule has 8 heteroatoms. The monoisotopic (exact) mass is 492 g/mol. The van der Waals surface area contributed by atoms with Crippen LogP contribution >= 0.6 is 12.2 Å². The van der Waals surface area contributed by atoms with Gasteiger partial charge in [-0.25, -0.2) is 9.07 Å². The van der Waals surface area contributed by atoms with Crippen LogP contribution in [-0.4, -0.2) is 40.0 Å². The summed E-state index contributed by atoms with van der Waals surface area (Å²) in [5.74, 6) is 1.53. The molecule has 0 saturated heterocycles. The predicted molar refractivity (Wildman–Crippen MR) is 138 cm³/mol. The lowest BCUT2D eigenvalue weighted by Gasteiger charge is -2.18. The Hall–Kier alpha value is -3.49. The van der Waals surface area contributed by atoms with E-state index in [0.29, 0.717) is 41.7 Å². The predicted octanol–water partition coefficient (Wildman–Crippen LogP) is 6.01. The summed E-state index contributed by atoms with van der Waals surface area (Å²) in [6, 6.07) is 20.5. The van der Waals surface area contributed by atoms with Gasteiger partial charge in [0.15, 0.2) is 17.3 Å². The highest BCUT2D eigenvalue weighted by molar-refractivity contribution is 7.71. The molecule has 0 amide bonds. The summed E-state index contributed by atoms with van der Waals surface area (Å²) in [5, 5.41) is 4.74. The second-order valence-electron chi connectivity index (χ2n) is 8.33. The molecule has 4 rings (SSSR count). The molecule has 182 valence electrons. The Bertz CT molecular complexity index is 1360. The highest BCUT2D eigenvalue weighted by Crippen LogP contribution is 2.29. The summed E-state index contributed by atoms with van der Waals surface area (Å²) in [7, 11) is 3.62. The molecule has 1 heterocycles. The van der Waals surface area contributed by atoms with Gasteiger partial charge < -0.3 is 9.47 Å². The van der Waals surface area contributed by atoms with Crippen molar-refractivity contribution in [2.75, 3.05) is 20.8 Å². The first kappa shape index (κ1) is 24.6. The van der Waals surface area contributed by atoms with Gasteiger partial charge in [0.05, 0.1) is 25.9 Å². The Labute approximate surface area is 210 Å². The third-order valence-electron chi connectivity index (χ3n) is 5.60. The largest absolute Gasteiger partial charge is 0.493 e. The smallest absolute Gasteiger partial charge is 0.204 e. The number of aromatic nitrogens is 3. The van der Waals surface area contributed by atoms with Crippen molar-refractivity contribution in [3.63, 3.8) is 0 Å². The number of aryl methyl sites for hydroxylation is 1. The van der Waals surface area contributed by atoms with Crippen LogP contribution in [0.25, 0.3) is 17.1 Å². The number of methoxy groups -OCH3 is 1. The van der Waals surface area contributed by atoms with E-state index in [4.69, 9.17) is 26.8 Å². The fourth-order valence-electron chi connectivity index (χ4n) is 3.92. The molecule has 0 aliphatic heterocycles. The highest BCUT2D eigenvalue weighted by atomic mass is 32.1. The summed E-state index contributed by atoms with van der Waals surface area (Å²) < 4.78 is 29.9. The van der Waals surface area contributed by atoms with Crippen LogP contribution in [0.15, 0.2) is 66.7 Å². The maximum Gasteiger partial charge on any atom is 0.204 e. The molecule has 3 aromatic carbocycles. The third-order valence-corrected chi connectivity index (χ3v) is 6.00. The average Bonchev–Trinajstić information content (AvgIpc) is 3.16. The van der Waals surface area contributed by atoms with Crippen molar-refractivity contribution >= 4 is 12.2 Å². The zero-order valence-corrected chi connectivity index (χ0v) is 21.2. The van der Waals surface area contributed by atoms with E-state index in [-0.39, 0.29) is 5.82 Å². The first-order valence-corrected chi connectivity index (χ1v) is 11.8. The summed E-state index contributed by atoms with van der Waals surface area (Å²) in [6.45, 7) is 5.60. The van der Waals surface area contributed by atoms with Gasteiger partial charge in [-0.3, -0.25) is 9.47 Å². The highest BCUT2D eigenvalue weighted by Gasteiger charge is 2.18. The van der Waals surface area contributed by atoms with E-state index in [1.165, 1.54) is 6.07 Å². The number of halogens is 1. The van der Waals surface area contributed by atoms with Crippen LogP contribution < -0.4 is 9.47 Å². The molecular formula is C27H29FN4O2S. The fraction of sp³-hybridized carbons (Fsp3) is 0.259. The molecule has 0 aliphatic carbocycles. The van der Waals surface area contributed by atoms with E-state index < -0.39 is 0 Å². The molecule has 1 aromatic heterocycles. The first-order valence-electron chi connectivity index (χ1n) is 11.4. The molecule has 0 unspecified atom stereocenters. The molecule has 35 heavy (non-hydrogen) atoms. The molecule has 4 aromatic rings. The van der Waals surface area contributed by atoms with E-state index in [1.807, 2.05) is 67.9 Å². The summed E-state index contributed by atoms with van der Waals surface area (Å²) in [6.07, 6.45) is 0. The van der Waals surface area contributed by atoms with Crippen LogP contribution in [0.2, 0.25) is 0 Å². The average molecular weight is 493 g/mol. The Balaban J connectivity index is 1.66. The van der Waals surface area contributed by atoms with Crippen molar-refractivity contribution < 1.29 is 13.9 Å². The van der Waals surface area contributed by atoms with Gasteiger partial charge in [-0.1, -0.05) is 35.9 Å². The summed E-state index contributed by atoms with van der Waals surface area (Å²) in [4.78, 5) is 2.09.